The van der Waals surface area contributed by atoms with E-state index in [-0.39, 0.29) is 9.79 Å². The quantitative estimate of drug-likeness (QED) is 0.650. The van der Waals surface area contributed by atoms with Crippen LogP contribution in [-0.4, -0.2) is 15.0 Å². The monoisotopic (exact) mass is 358 g/mol. The molecule has 25 heavy (non-hydrogen) atoms. The lowest BCUT2D eigenvalue weighted by molar-refractivity contribution is 0.317. The van der Waals surface area contributed by atoms with Crippen LogP contribution in [0.3, 0.4) is 0 Å². The molecule has 0 aliphatic rings. The molecule has 3 rings (SSSR count). The summed E-state index contributed by atoms with van der Waals surface area (Å²) < 4.78 is 36.2. The number of rotatable bonds is 5. The fourth-order valence-electron chi connectivity index (χ4n) is 2.41. The highest BCUT2D eigenvalue weighted by Crippen LogP contribution is 2.25. The second-order valence-electron chi connectivity index (χ2n) is 5.76. The molecule has 0 aliphatic heterocycles. The van der Waals surface area contributed by atoms with Crippen molar-refractivity contribution in [3.8, 4) is 5.75 Å². The lowest BCUT2D eigenvalue weighted by atomic mass is 10.2. The predicted molar refractivity (Wildman–Crippen MR) is 94.9 cm³/mol. The van der Waals surface area contributed by atoms with Crippen molar-refractivity contribution in [2.75, 3.05) is 6.61 Å². The SMILES string of the molecule is CCCOc1ccc2cc(S(=O)(=O)c3ccc(C)cc3)c(=O)oc2c1. The van der Waals surface area contributed by atoms with Gasteiger partial charge in [0.05, 0.1) is 11.5 Å². The zero-order chi connectivity index (χ0) is 18.0. The average Bonchev–Trinajstić information content (AvgIpc) is 2.59. The molecule has 0 saturated carbocycles. The Kier molecular flexibility index (Phi) is 4.63. The van der Waals surface area contributed by atoms with Crippen LogP contribution in [-0.2, 0) is 9.84 Å². The van der Waals surface area contributed by atoms with E-state index in [2.05, 4.69) is 0 Å². The van der Waals surface area contributed by atoms with Crippen molar-refractivity contribution in [3.63, 3.8) is 0 Å². The van der Waals surface area contributed by atoms with Crippen LogP contribution >= 0.6 is 0 Å². The Bertz CT molecular complexity index is 1060. The molecule has 0 unspecified atom stereocenters. The van der Waals surface area contributed by atoms with E-state index >= 15 is 0 Å². The minimum absolute atomic E-state index is 0.0626. The van der Waals surface area contributed by atoms with Gasteiger partial charge in [0.2, 0.25) is 9.84 Å². The molecule has 0 bridgehead atoms. The van der Waals surface area contributed by atoms with Gasteiger partial charge < -0.3 is 9.15 Å². The van der Waals surface area contributed by atoms with E-state index < -0.39 is 15.5 Å². The molecule has 0 fully saturated rings. The smallest absolute Gasteiger partial charge is 0.355 e. The van der Waals surface area contributed by atoms with Crippen LogP contribution in [0.2, 0.25) is 0 Å². The molecule has 0 atom stereocenters. The van der Waals surface area contributed by atoms with E-state index in [1.54, 1.807) is 30.3 Å². The molecule has 0 aliphatic carbocycles. The maximum absolute atomic E-state index is 12.7. The number of benzene rings is 2. The Morgan fingerprint density at radius 1 is 1.04 bits per heavy atom. The van der Waals surface area contributed by atoms with Gasteiger partial charge in [0, 0.05) is 11.5 Å². The van der Waals surface area contributed by atoms with Crippen LogP contribution in [0.15, 0.2) is 67.5 Å². The third kappa shape index (κ3) is 3.44. The zero-order valence-electron chi connectivity index (χ0n) is 14.0. The summed E-state index contributed by atoms with van der Waals surface area (Å²) in [6.07, 6.45) is 0.857. The molecule has 1 aromatic heterocycles. The van der Waals surface area contributed by atoms with Crippen molar-refractivity contribution in [1.29, 1.82) is 0 Å². The van der Waals surface area contributed by atoms with Crippen molar-refractivity contribution in [1.82, 2.24) is 0 Å². The summed E-state index contributed by atoms with van der Waals surface area (Å²) in [4.78, 5) is 12.0. The van der Waals surface area contributed by atoms with Gasteiger partial charge in [-0.05, 0) is 43.7 Å². The van der Waals surface area contributed by atoms with E-state index in [4.69, 9.17) is 9.15 Å². The van der Waals surface area contributed by atoms with Gasteiger partial charge in [0.15, 0.2) is 4.90 Å². The lowest BCUT2D eigenvalue weighted by Crippen LogP contribution is -2.14. The van der Waals surface area contributed by atoms with Gasteiger partial charge >= 0.3 is 5.63 Å². The van der Waals surface area contributed by atoms with Gasteiger partial charge in [-0.15, -0.1) is 0 Å². The number of hydrogen-bond acceptors (Lipinski definition) is 5. The van der Waals surface area contributed by atoms with Crippen LogP contribution in [0.5, 0.6) is 5.75 Å². The average molecular weight is 358 g/mol. The Morgan fingerprint density at radius 2 is 1.76 bits per heavy atom. The Morgan fingerprint density at radius 3 is 2.44 bits per heavy atom. The third-order valence-corrected chi connectivity index (χ3v) is 5.53. The summed E-state index contributed by atoms with van der Waals surface area (Å²) in [6.45, 7) is 4.40. The molecule has 6 heteroatoms. The molecule has 3 aromatic rings. The first kappa shape index (κ1) is 17.2. The van der Waals surface area contributed by atoms with Gasteiger partial charge in [-0.1, -0.05) is 24.6 Å². The van der Waals surface area contributed by atoms with E-state index in [1.807, 2.05) is 13.8 Å². The normalized spacial score (nSPS) is 11.6. The fourth-order valence-corrected chi connectivity index (χ4v) is 3.71. The van der Waals surface area contributed by atoms with Gasteiger partial charge in [-0.25, -0.2) is 13.2 Å². The summed E-state index contributed by atoms with van der Waals surface area (Å²) in [5.74, 6) is 0.576. The van der Waals surface area contributed by atoms with E-state index in [9.17, 15) is 13.2 Å². The van der Waals surface area contributed by atoms with Crippen molar-refractivity contribution in [2.45, 2.75) is 30.1 Å². The van der Waals surface area contributed by atoms with Gasteiger partial charge in [-0.2, -0.15) is 0 Å². The molecule has 5 nitrogen and oxygen atoms in total. The molecule has 0 radical (unpaired) electrons. The first-order valence-corrected chi connectivity index (χ1v) is 9.42. The standard InChI is InChI=1S/C19H18O5S/c1-3-10-23-15-7-6-14-11-18(19(20)24-17(14)12-15)25(21,22)16-8-4-13(2)5-9-16/h4-9,11-12H,3,10H2,1-2H3. The van der Waals surface area contributed by atoms with Gasteiger partial charge in [-0.3, -0.25) is 0 Å². The maximum Gasteiger partial charge on any atom is 0.355 e. The maximum atomic E-state index is 12.7. The molecule has 1 heterocycles. The first-order valence-electron chi connectivity index (χ1n) is 7.94. The number of hydrogen-bond donors (Lipinski definition) is 0. The predicted octanol–water partition coefficient (Wildman–Crippen LogP) is 3.72. The summed E-state index contributed by atoms with van der Waals surface area (Å²) in [5, 5.41) is 0.522. The second kappa shape index (κ2) is 6.72. The Labute approximate surface area is 145 Å². The van der Waals surface area contributed by atoms with Crippen molar-refractivity contribution >= 4 is 20.8 Å². The Balaban J connectivity index is 2.09. The van der Waals surface area contributed by atoms with E-state index in [1.165, 1.54) is 18.2 Å². The van der Waals surface area contributed by atoms with Crippen LogP contribution in [0.1, 0.15) is 18.9 Å². The van der Waals surface area contributed by atoms with Crippen LogP contribution in [0, 0.1) is 6.92 Å². The number of ether oxygens (including phenoxy) is 1. The highest BCUT2D eigenvalue weighted by atomic mass is 32.2. The highest BCUT2D eigenvalue weighted by Gasteiger charge is 2.23. The van der Waals surface area contributed by atoms with Crippen LogP contribution in [0.4, 0.5) is 0 Å². The lowest BCUT2D eigenvalue weighted by Gasteiger charge is -2.07. The molecular weight excluding hydrogens is 340 g/mol. The highest BCUT2D eigenvalue weighted by molar-refractivity contribution is 7.91. The molecule has 130 valence electrons. The summed E-state index contributed by atoms with van der Waals surface area (Å²) in [5.41, 5.74) is 0.339. The van der Waals surface area contributed by atoms with Gasteiger partial charge in [0.25, 0.3) is 0 Å². The van der Waals surface area contributed by atoms with Crippen molar-refractivity contribution in [2.24, 2.45) is 0 Å². The van der Waals surface area contributed by atoms with Crippen molar-refractivity contribution in [3.05, 3.63) is 64.5 Å². The molecule has 0 N–H and O–H groups in total. The summed E-state index contributed by atoms with van der Waals surface area (Å²) in [7, 11) is -3.94. The second-order valence-corrected chi connectivity index (χ2v) is 7.68. The minimum atomic E-state index is -3.94. The third-order valence-electron chi connectivity index (χ3n) is 3.77. The molecule has 2 aromatic carbocycles. The van der Waals surface area contributed by atoms with Crippen LogP contribution in [0.25, 0.3) is 11.0 Å². The summed E-state index contributed by atoms with van der Waals surface area (Å²) in [6, 6.07) is 12.7. The number of fused-ring (bicyclic) bond motifs is 1. The molecular formula is C19H18O5S. The molecule has 0 spiro atoms. The van der Waals surface area contributed by atoms with E-state index in [0.29, 0.717) is 23.3 Å². The first-order chi connectivity index (χ1) is 11.9. The Hall–Kier alpha value is -2.60. The van der Waals surface area contributed by atoms with E-state index in [0.717, 1.165) is 12.0 Å². The number of sulfone groups is 1. The van der Waals surface area contributed by atoms with Crippen molar-refractivity contribution < 1.29 is 17.6 Å². The largest absolute Gasteiger partial charge is 0.493 e. The minimum Gasteiger partial charge on any atom is -0.493 e. The number of aryl methyl sites for hydroxylation is 1. The topological polar surface area (TPSA) is 73.6 Å². The van der Waals surface area contributed by atoms with Gasteiger partial charge in [0.1, 0.15) is 11.3 Å². The molecule has 0 amide bonds. The summed E-state index contributed by atoms with van der Waals surface area (Å²) >= 11 is 0. The van der Waals surface area contributed by atoms with Crippen LogP contribution < -0.4 is 10.4 Å². The molecule has 0 saturated heterocycles. The fraction of sp³-hybridized carbons (Fsp3) is 0.211. The zero-order valence-corrected chi connectivity index (χ0v) is 14.8.